The first-order chi connectivity index (χ1) is 12.7. The van der Waals surface area contributed by atoms with Crippen LogP contribution in [0.5, 0.6) is 0 Å². The van der Waals surface area contributed by atoms with Crippen LogP contribution < -0.4 is 16.8 Å². The smallest absolute Gasteiger partial charge is 0.266 e. The molecule has 2 heterocycles. The monoisotopic (exact) mass is 387 g/mol. The van der Waals surface area contributed by atoms with Gasteiger partial charge in [-0.15, -0.1) is 0 Å². The van der Waals surface area contributed by atoms with E-state index < -0.39 is 11.4 Å². The zero-order chi connectivity index (χ0) is 20.2. The number of aliphatic imine (C=N–C) groups is 1. The van der Waals surface area contributed by atoms with Crippen molar-refractivity contribution < 1.29 is 4.79 Å². The summed E-state index contributed by atoms with van der Waals surface area (Å²) in [7, 11) is 1.63. The van der Waals surface area contributed by atoms with E-state index in [1.807, 2.05) is 13.8 Å². The van der Waals surface area contributed by atoms with E-state index in [0.717, 1.165) is 0 Å². The average Bonchev–Trinajstić information content (AvgIpc) is 2.97. The second-order valence-corrected chi connectivity index (χ2v) is 6.70. The third kappa shape index (κ3) is 4.73. The number of carbonyl (C=O) groups is 1. The second-order valence-electron chi connectivity index (χ2n) is 6.29. The van der Waals surface area contributed by atoms with Crippen molar-refractivity contribution in [3.63, 3.8) is 0 Å². The molecule has 142 valence electrons. The van der Waals surface area contributed by atoms with Gasteiger partial charge in [-0.3, -0.25) is 14.5 Å². The van der Waals surface area contributed by atoms with Crippen molar-refractivity contribution in [1.29, 1.82) is 0 Å². The number of nitrogens with two attached hydrogens (primary N) is 2. The Balaban J connectivity index is 2.26. The zero-order valence-corrected chi connectivity index (χ0v) is 16.2. The molecule has 1 amide bonds. The number of aromatic nitrogens is 3. The van der Waals surface area contributed by atoms with Gasteiger partial charge in [0.25, 0.3) is 5.91 Å². The van der Waals surface area contributed by atoms with Gasteiger partial charge in [0.15, 0.2) is 5.96 Å². The van der Waals surface area contributed by atoms with Crippen LogP contribution >= 0.6 is 11.6 Å². The molecule has 0 aliphatic rings. The zero-order valence-electron chi connectivity index (χ0n) is 15.4. The van der Waals surface area contributed by atoms with E-state index >= 15 is 0 Å². The Morgan fingerprint density at radius 1 is 1.44 bits per heavy atom. The maximum absolute atomic E-state index is 11.4. The van der Waals surface area contributed by atoms with Gasteiger partial charge >= 0.3 is 0 Å². The number of rotatable bonds is 6. The summed E-state index contributed by atoms with van der Waals surface area (Å²) >= 11 is 6.21. The highest BCUT2D eigenvalue weighted by atomic mass is 35.5. The normalized spacial score (nSPS) is 12.7. The Kier molecular flexibility index (Phi) is 6.02. The largest absolute Gasteiger partial charge is 0.370 e. The molecule has 0 aromatic carbocycles. The third-order valence-electron chi connectivity index (χ3n) is 3.78. The number of primary amides is 1. The van der Waals surface area contributed by atoms with E-state index in [1.165, 1.54) is 10.9 Å². The summed E-state index contributed by atoms with van der Waals surface area (Å²) in [5.74, 6) is -0.412. The molecule has 0 unspecified atom stereocenters. The van der Waals surface area contributed by atoms with Gasteiger partial charge in [0, 0.05) is 25.0 Å². The standard InChI is InChI=1S/C18H22ClN7O/c1-5-11(13-9-14(16(20)27)26(4)25-13)10-23-17(21)24-18(2,3)15-12(19)7-6-8-22-15/h5-10H,1H2,2-4H3,(H2,20,27)(H3,21,23,24)/b11-10+. The summed E-state index contributed by atoms with van der Waals surface area (Å²) in [6.45, 7) is 7.52. The van der Waals surface area contributed by atoms with Crippen LogP contribution in [0.4, 0.5) is 0 Å². The van der Waals surface area contributed by atoms with Gasteiger partial charge in [-0.25, -0.2) is 4.99 Å². The molecule has 0 saturated heterocycles. The minimum absolute atomic E-state index is 0.159. The number of nitrogens with zero attached hydrogens (tertiary/aromatic N) is 4. The number of halogens is 1. The third-order valence-corrected chi connectivity index (χ3v) is 4.09. The first kappa shape index (κ1) is 20.2. The first-order valence-electron chi connectivity index (χ1n) is 8.05. The lowest BCUT2D eigenvalue weighted by atomic mass is 10.00. The van der Waals surface area contributed by atoms with E-state index in [1.54, 1.807) is 37.5 Å². The van der Waals surface area contributed by atoms with Crippen LogP contribution in [-0.4, -0.2) is 26.6 Å². The van der Waals surface area contributed by atoms with Crippen molar-refractivity contribution in [2.24, 2.45) is 23.5 Å². The number of amides is 1. The fourth-order valence-electron chi connectivity index (χ4n) is 2.46. The summed E-state index contributed by atoms with van der Waals surface area (Å²) in [6, 6.07) is 5.08. The maximum Gasteiger partial charge on any atom is 0.266 e. The lowest BCUT2D eigenvalue weighted by Gasteiger charge is -2.26. The molecular weight excluding hydrogens is 366 g/mol. The number of hydrogen-bond acceptors (Lipinski definition) is 4. The topological polar surface area (TPSA) is 124 Å². The molecule has 2 aromatic heterocycles. The van der Waals surface area contributed by atoms with E-state index in [2.05, 4.69) is 27.0 Å². The average molecular weight is 388 g/mol. The number of aryl methyl sites for hydroxylation is 1. The Hall–Kier alpha value is -3.13. The molecule has 9 heteroatoms. The molecule has 27 heavy (non-hydrogen) atoms. The van der Waals surface area contributed by atoms with Gasteiger partial charge in [0.05, 0.1) is 21.9 Å². The van der Waals surface area contributed by atoms with Crippen molar-refractivity contribution in [2.75, 3.05) is 0 Å². The molecule has 5 N–H and O–H groups in total. The molecular formula is C18H22ClN7O. The summed E-state index contributed by atoms with van der Waals surface area (Å²) in [6.07, 6.45) is 4.72. The van der Waals surface area contributed by atoms with Crippen LogP contribution in [0.1, 0.15) is 35.7 Å². The number of guanidine groups is 1. The molecule has 0 aliphatic carbocycles. The quantitative estimate of drug-likeness (QED) is 0.397. The van der Waals surface area contributed by atoms with Crippen molar-refractivity contribution in [3.8, 4) is 0 Å². The minimum Gasteiger partial charge on any atom is -0.370 e. The van der Waals surface area contributed by atoms with Crippen LogP contribution in [0.2, 0.25) is 5.02 Å². The lowest BCUT2D eigenvalue weighted by molar-refractivity contribution is 0.0991. The first-order valence-corrected chi connectivity index (χ1v) is 8.42. The van der Waals surface area contributed by atoms with Crippen molar-refractivity contribution >= 4 is 29.0 Å². The molecule has 8 nitrogen and oxygen atoms in total. The summed E-state index contributed by atoms with van der Waals surface area (Å²) < 4.78 is 1.40. The van der Waals surface area contributed by atoms with Gasteiger partial charge < -0.3 is 16.8 Å². The Bertz CT molecular complexity index is 928. The molecule has 2 rings (SSSR count). The second kappa shape index (κ2) is 8.05. The van der Waals surface area contributed by atoms with Gasteiger partial charge in [-0.1, -0.05) is 24.3 Å². The molecule has 0 radical (unpaired) electrons. The van der Waals surface area contributed by atoms with Crippen molar-refractivity contribution in [1.82, 2.24) is 20.1 Å². The molecule has 0 saturated carbocycles. The molecule has 0 bridgehead atoms. The number of pyridine rings is 1. The fraction of sp³-hybridized carbons (Fsp3) is 0.222. The van der Waals surface area contributed by atoms with E-state index in [-0.39, 0.29) is 11.7 Å². The van der Waals surface area contributed by atoms with Gasteiger partial charge in [-0.05, 0) is 32.0 Å². The molecule has 0 aliphatic heterocycles. The number of nitrogens with one attached hydrogen (secondary N) is 1. The van der Waals surface area contributed by atoms with Crippen molar-refractivity contribution in [2.45, 2.75) is 19.4 Å². The highest BCUT2D eigenvalue weighted by Gasteiger charge is 2.25. The predicted octanol–water partition coefficient (Wildman–Crippen LogP) is 1.93. The summed E-state index contributed by atoms with van der Waals surface area (Å²) in [5.41, 5.74) is 12.7. The van der Waals surface area contributed by atoms with Crippen LogP contribution in [0, 0.1) is 0 Å². The van der Waals surface area contributed by atoms with Gasteiger partial charge in [0.2, 0.25) is 0 Å². The highest BCUT2D eigenvalue weighted by molar-refractivity contribution is 6.31. The van der Waals surface area contributed by atoms with Crippen LogP contribution in [0.15, 0.2) is 48.2 Å². The molecule has 0 fully saturated rings. The van der Waals surface area contributed by atoms with Gasteiger partial charge in [0.1, 0.15) is 5.69 Å². The predicted molar refractivity (Wildman–Crippen MR) is 107 cm³/mol. The molecule has 2 aromatic rings. The Morgan fingerprint density at radius 3 is 2.70 bits per heavy atom. The lowest BCUT2D eigenvalue weighted by Crippen LogP contribution is -2.45. The number of hydrogen-bond donors (Lipinski definition) is 3. The number of carbonyl (C=O) groups excluding carboxylic acids is 1. The number of allylic oxidation sites excluding steroid dienone is 2. The minimum atomic E-state index is -0.641. The maximum atomic E-state index is 11.4. The SMILES string of the molecule is C=C/C(=C\N=C(/N)NC(C)(C)c1ncccc1Cl)c1cc(C(N)=O)n(C)n1. The van der Waals surface area contributed by atoms with E-state index in [4.69, 9.17) is 23.1 Å². The van der Waals surface area contributed by atoms with Crippen LogP contribution in [-0.2, 0) is 12.6 Å². The Morgan fingerprint density at radius 2 is 2.15 bits per heavy atom. The molecule has 0 atom stereocenters. The van der Waals surface area contributed by atoms with E-state index in [0.29, 0.717) is 22.0 Å². The van der Waals surface area contributed by atoms with Crippen LogP contribution in [0.3, 0.4) is 0 Å². The fourth-order valence-corrected chi connectivity index (χ4v) is 2.82. The Labute approximate surface area is 162 Å². The van der Waals surface area contributed by atoms with Gasteiger partial charge in [-0.2, -0.15) is 5.10 Å². The summed E-state index contributed by atoms with van der Waals surface area (Å²) in [5, 5.41) is 7.84. The van der Waals surface area contributed by atoms with Crippen molar-refractivity contribution in [3.05, 3.63) is 65.4 Å². The highest BCUT2D eigenvalue weighted by Crippen LogP contribution is 2.25. The molecule has 0 spiro atoms. The van der Waals surface area contributed by atoms with E-state index in [9.17, 15) is 4.79 Å². The summed E-state index contributed by atoms with van der Waals surface area (Å²) in [4.78, 5) is 19.9. The van der Waals surface area contributed by atoms with Crippen LogP contribution in [0.25, 0.3) is 5.57 Å².